The lowest BCUT2D eigenvalue weighted by atomic mass is 10.2. The average Bonchev–Trinajstić information content (AvgIpc) is 3.35. The van der Waals surface area contributed by atoms with Gasteiger partial charge in [-0.25, -0.2) is 9.78 Å². The first kappa shape index (κ1) is 23.1. The molecule has 0 bridgehead atoms. The molecule has 0 aliphatic carbocycles. The van der Waals surface area contributed by atoms with Crippen molar-refractivity contribution in [2.45, 2.75) is 13.2 Å². The van der Waals surface area contributed by atoms with Gasteiger partial charge < -0.3 is 23.8 Å². The number of esters is 1. The fourth-order valence-electron chi connectivity index (χ4n) is 2.82. The zero-order valence-corrected chi connectivity index (χ0v) is 18.9. The molecule has 0 aliphatic rings. The molecule has 0 fully saturated rings. The predicted molar refractivity (Wildman–Crippen MR) is 119 cm³/mol. The number of methoxy groups -OCH3 is 2. The molecule has 1 heterocycles. The van der Waals surface area contributed by atoms with Gasteiger partial charge in [0.1, 0.15) is 12.4 Å². The van der Waals surface area contributed by atoms with Crippen LogP contribution in [-0.2, 0) is 22.7 Å². The second-order valence-corrected chi connectivity index (χ2v) is 7.53. The van der Waals surface area contributed by atoms with Crippen LogP contribution in [0.2, 0.25) is 0 Å². The second-order valence-electron chi connectivity index (χ2n) is 6.81. The minimum Gasteiger partial charge on any atom is -0.493 e. The average molecular weight is 457 g/mol. The molecule has 0 unspecified atom stereocenters. The Bertz CT molecular complexity index is 1040. The van der Waals surface area contributed by atoms with E-state index in [1.54, 1.807) is 63.2 Å². The molecule has 0 spiro atoms. The van der Waals surface area contributed by atoms with Gasteiger partial charge in [0, 0.05) is 19.0 Å². The number of aromatic nitrogens is 1. The Labute approximate surface area is 190 Å². The molecule has 1 aromatic heterocycles. The number of carbonyl (C=O) groups is 2. The van der Waals surface area contributed by atoms with Gasteiger partial charge >= 0.3 is 5.97 Å². The van der Waals surface area contributed by atoms with Crippen molar-refractivity contribution in [3.05, 3.63) is 70.2 Å². The maximum Gasteiger partial charge on any atom is 0.338 e. The largest absolute Gasteiger partial charge is 0.493 e. The van der Waals surface area contributed by atoms with Gasteiger partial charge in [-0.2, -0.15) is 0 Å². The number of benzene rings is 2. The predicted octanol–water partition coefficient (Wildman–Crippen LogP) is 3.55. The van der Waals surface area contributed by atoms with Gasteiger partial charge in [0.15, 0.2) is 18.1 Å². The summed E-state index contributed by atoms with van der Waals surface area (Å²) >= 11 is 1.50. The smallest absolute Gasteiger partial charge is 0.338 e. The molecule has 1 amide bonds. The molecule has 0 saturated carbocycles. The van der Waals surface area contributed by atoms with E-state index >= 15 is 0 Å². The normalized spacial score (nSPS) is 10.3. The summed E-state index contributed by atoms with van der Waals surface area (Å²) in [4.78, 5) is 30.3. The van der Waals surface area contributed by atoms with E-state index in [4.69, 9.17) is 18.9 Å². The van der Waals surface area contributed by atoms with Crippen LogP contribution in [0.5, 0.6) is 17.2 Å². The van der Waals surface area contributed by atoms with Crippen molar-refractivity contribution >= 4 is 23.2 Å². The van der Waals surface area contributed by atoms with Crippen molar-refractivity contribution in [2.75, 3.05) is 27.9 Å². The number of nitrogens with zero attached hydrogens (tertiary/aromatic N) is 2. The number of thiazole rings is 1. The third kappa shape index (κ3) is 6.21. The molecule has 3 aromatic rings. The molecule has 0 aliphatic heterocycles. The number of hydrogen-bond acceptors (Lipinski definition) is 8. The highest BCUT2D eigenvalue weighted by atomic mass is 32.1. The van der Waals surface area contributed by atoms with E-state index < -0.39 is 5.97 Å². The molecule has 32 heavy (non-hydrogen) atoms. The molecule has 3 rings (SSSR count). The van der Waals surface area contributed by atoms with Crippen LogP contribution in [0.3, 0.4) is 0 Å². The van der Waals surface area contributed by atoms with E-state index in [2.05, 4.69) is 4.98 Å². The second kappa shape index (κ2) is 11.1. The van der Waals surface area contributed by atoms with Crippen LogP contribution >= 0.6 is 11.3 Å². The first-order valence-electron chi connectivity index (χ1n) is 9.72. The summed E-state index contributed by atoms with van der Waals surface area (Å²) in [6, 6.07) is 12.0. The summed E-state index contributed by atoms with van der Waals surface area (Å²) in [6.45, 7) is 0.334. The van der Waals surface area contributed by atoms with E-state index in [1.165, 1.54) is 16.2 Å². The molecule has 8 nitrogen and oxygen atoms in total. The first-order chi connectivity index (χ1) is 15.5. The number of likely N-dealkylation sites (N-methyl/N-ethyl adjacent to an activating group) is 1. The van der Waals surface area contributed by atoms with Gasteiger partial charge in [-0.1, -0.05) is 6.07 Å². The number of hydrogen-bond donors (Lipinski definition) is 0. The Kier molecular flexibility index (Phi) is 8.04. The van der Waals surface area contributed by atoms with Crippen LogP contribution in [0, 0.1) is 0 Å². The highest BCUT2D eigenvalue weighted by Crippen LogP contribution is 2.28. The molecule has 168 valence electrons. The van der Waals surface area contributed by atoms with Crippen LogP contribution < -0.4 is 14.2 Å². The van der Waals surface area contributed by atoms with Crippen molar-refractivity contribution in [3.8, 4) is 17.2 Å². The monoisotopic (exact) mass is 456 g/mol. The minimum atomic E-state index is -0.580. The van der Waals surface area contributed by atoms with Gasteiger partial charge in [-0.05, 0) is 42.0 Å². The Morgan fingerprint density at radius 3 is 2.44 bits per heavy atom. The van der Waals surface area contributed by atoms with Crippen LogP contribution in [-0.4, -0.2) is 49.6 Å². The summed E-state index contributed by atoms with van der Waals surface area (Å²) in [7, 11) is 4.75. The van der Waals surface area contributed by atoms with Crippen LogP contribution in [0.1, 0.15) is 21.6 Å². The van der Waals surface area contributed by atoms with E-state index in [0.717, 1.165) is 11.3 Å². The molecule has 0 atom stereocenters. The van der Waals surface area contributed by atoms with E-state index in [1.807, 2.05) is 11.4 Å². The van der Waals surface area contributed by atoms with Crippen LogP contribution in [0.4, 0.5) is 0 Å². The lowest BCUT2D eigenvalue weighted by Gasteiger charge is -2.18. The molecule has 0 saturated heterocycles. The Balaban J connectivity index is 1.47. The first-order valence-corrected chi connectivity index (χ1v) is 10.7. The number of ether oxygens (including phenoxy) is 4. The quantitative estimate of drug-likeness (QED) is 0.431. The molecule has 9 heteroatoms. The zero-order valence-electron chi connectivity index (χ0n) is 18.1. The summed E-state index contributed by atoms with van der Waals surface area (Å²) in [5, 5.41) is 1.91. The molecule has 2 aromatic carbocycles. The van der Waals surface area contributed by atoms with Crippen molar-refractivity contribution in [1.29, 1.82) is 0 Å². The van der Waals surface area contributed by atoms with Crippen molar-refractivity contribution in [1.82, 2.24) is 9.88 Å². The van der Waals surface area contributed by atoms with Gasteiger partial charge in [0.25, 0.3) is 5.91 Å². The third-order valence-electron chi connectivity index (χ3n) is 4.58. The number of amides is 1. The molecule has 0 N–H and O–H groups in total. The van der Waals surface area contributed by atoms with E-state index in [-0.39, 0.29) is 12.5 Å². The highest BCUT2D eigenvalue weighted by Gasteiger charge is 2.15. The Hall–Kier alpha value is -3.59. The standard InChI is InChI=1S/C23H24N2O6S/c1-25(11-16-4-9-20(28-2)21(10-16)29-3)22(26)13-31-23(27)17-5-7-19(8-6-17)30-12-18-14-32-15-24-18/h4-10,14-15H,11-13H2,1-3H3. The fourth-order valence-corrected chi connectivity index (χ4v) is 3.36. The fraction of sp³-hybridized carbons (Fsp3) is 0.261. The van der Waals surface area contributed by atoms with Gasteiger partial charge in [-0.3, -0.25) is 4.79 Å². The van der Waals surface area contributed by atoms with Gasteiger partial charge in [0.2, 0.25) is 0 Å². The Morgan fingerprint density at radius 1 is 1.03 bits per heavy atom. The summed E-state index contributed by atoms with van der Waals surface area (Å²) in [5.41, 5.74) is 3.78. The highest BCUT2D eigenvalue weighted by molar-refractivity contribution is 7.07. The maximum absolute atomic E-state index is 12.4. The van der Waals surface area contributed by atoms with Crippen LogP contribution in [0.15, 0.2) is 53.4 Å². The topological polar surface area (TPSA) is 87.2 Å². The van der Waals surface area contributed by atoms with Crippen molar-refractivity contribution in [2.24, 2.45) is 0 Å². The van der Waals surface area contributed by atoms with Gasteiger partial charge in [0.05, 0.1) is 31.0 Å². The molecular weight excluding hydrogens is 432 g/mol. The van der Waals surface area contributed by atoms with E-state index in [9.17, 15) is 9.59 Å². The lowest BCUT2D eigenvalue weighted by Crippen LogP contribution is -2.30. The van der Waals surface area contributed by atoms with E-state index in [0.29, 0.717) is 36.0 Å². The number of rotatable bonds is 10. The number of carbonyl (C=O) groups excluding carboxylic acids is 2. The van der Waals surface area contributed by atoms with Crippen molar-refractivity contribution < 1.29 is 28.5 Å². The zero-order chi connectivity index (χ0) is 22.9. The van der Waals surface area contributed by atoms with Crippen LogP contribution in [0.25, 0.3) is 0 Å². The molecule has 0 radical (unpaired) electrons. The summed E-state index contributed by atoms with van der Waals surface area (Å²) in [6.07, 6.45) is 0. The molecular formula is C23H24N2O6S. The lowest BCUT2D eigenvalue weighted by molar-refractivity contribution is -0.133. The third-order valence-corrected chi connectivity index (χ3v) is 5.22. The summed E-state index contributed by atoms with van der Waals surface area (Å²) < 4.78 is 21.3. The SMILES string of the molecule is COc1ccc(CN(C)C(=O)COC(=O)c2ccc(OCc3cscn3)cc2)cc1OC. The van der Waals surface area contributed by atoms with Crippen molar-refractivity contribution in [3.63, 3.8) is 0 Å². The maximum atomic E-state index is 12.4. The summed E-state index contributed by atoms with van der Waals surface area (Å²) in [5.74, 6) is 0.899. The van der Waals surface area contributed by atoms with Gasteiger partial charge in [-0.15, -0.1) is 11.3 Å². The minimum absolute atomic E-state index is 0.323. The Morgan fingerprint density at radius 2 is 1.78 bits per heavy atom.